The van der Waals surface area contributed by atoms with Gasteiger partial charge in [-0.3, -0.25) is 9.78 Å². The van der Waals surface area contributed by atoms with Gasteiger partial charge in [0.15, 0.2) is 0 Å². The van der Waals surface area contributed by atoms with Crippen molar-refractivity contribution in [3.05, 3.63) is 71.6 Å². The van der Waals surface area contributed by atoms with Gasteiger partial charge in [-0.15, -0.1) is 0 Å². The highest BCUT2D eigenvalue weighted by atomic mass is 16.2. The molecule has 1 N–H and O–H groups in total. The van der Waals surface area contributed by atoms with Gasteiger partial charge in [0.05, 0.1) is 11.3 Å². The van der Waals surface area contributed by atoms with Gasteiger partial charge < -0.3 is 10.2 Å². The van der Waals surface area contributed by atoms with Crippen molar-refractivity contribution >= 4 is 11.6 Å². The molecule has 1 aromatic heterocycles. The summed E-state index contributed by atoms with van der Waals surface area (Å²) in [4.78, 5) is 18.6. The molecule has 4 nitrogen and oxygen atoms in total. The van der Waals surface area contributed by atoms with Gasteiger partial charge in [0.25, 0.3) is 5.91 Å². The number of rotatable bonds is 7. The van der Waals surface area contributed by atoms with Gasteiger partial charge in [0.2, 0.25) is 0 Å². The lowest BCUT2D eigenvalue weighted by molar-refractivity contribution is 0.0784. The third-order valence-corrected chi connectivity index (χ3v) is 4.75. The Labute approximate surface area is 155 Å². The molecule has 4 heteroatoms. The maximum absolute atomic E-state index is 12.7. The van der Waals surface area contributed by atoms with Crippen LogP contribution in [-0.4, -0.2) is 29.4 Å². The molecule has 0 fully saturated rings. The van der Waals surface area contributed by atoms with Crippen LogP contribution in [0, 0.1) is 0 Å². The Morgan fingerprint density at radius 2 is 2.04 bits per heavy atom. The SMILES string of the molecule is CN(Cc1ccccc1)C(=O)c1cncc(NCCC2=CCCCC2)c1. The topological polar surface area (TPSA) is 45.2 Å². The third kappa shape index (κ3) is 5.19. The van der Waals surface area contributed by atoms with Crippen molar-refractivity contribution in [3.63, 3.8) is 0 Å². The van der Waals surface area contributed by atoms with E-state index in [1.54, 1.807) is 22.9 Å². The Hall–Kier alpha value is -2.62. The summed E-state index contributed by atoms with van der Waals surface area (Å²) >= 11 is 0. The molecule has 1 amide bonds. The second-order valence-electron chi connectivity index (χ2n) is 6.89. The van der Waals surface area contributed by atoms with E-state index in [0.717, 1.165) is 24.2 Å². The fourth-order valence-electron chi connectivity index (χ4n) is 3.30. The van der Waals surface area contributed by atoms with Gasteiger partial charge in [-0.05, 0) is 43.7 Å². The molecule has 0 saturated carbocycles. The lowest BCUT2D eigenvalue weighted by Crippen LogP contribution is -2.26. The summed E-state index contributed by atoms with van der Waals surface area (Å²) in [5.41, 5.74) is 4.18. The summed E-state index contributed by atoms with van der Waals surface area (Å²) in [6.07, 6.45) is 11.9. The molecule has 0 bridgehead atoms. The maximum atomic E-state index is 12.7. The zero-order valence-electron chi connectivity index (χ0n) is 15.4. The highest BCUT2D eigenvalue weighted by Gasteiger charge is 2.13. The largest absolute Gasteiger partial charge is 0.383 e. The van der Waals surface area contributed by atoms with Crippen LogP contribution in [0.5, 0.6) is 0 Å². The minimum absolute atomic E-state index is 0.0139. The van der Waals surface area contributed by atoms with Crippen molar-refractivity contribution in [2.75, 3.05) is 18.9 Å². The van der Waals surface area contributed by atoms with Gasteiger partial charge in [-0.2, -0.15) is 0 Å². The van der Waals surface area contributed by atoms with Crippen molar-refractivity contribution in [2.24, 2.45) is 0 Å². The number of aromatic nitrogens is 1. The predicted molar refractivity (Wildman–Crippen MR) is 106 cm³/mol. The minimum Gasteiger partial charge on any atom is -0.383 e. The molecule has 1 aliphatic rings. The van der Waals surface area contributed by atoms with E-state index in [9.17, 15) is 4.79 Å². The number of anilines is 1. The van der Waals surface area contributed by atoms with E-state index < -0.39 is 0 Å². The van der Waals surface area contributed by atoms with Crippen LogP contribution in [0.1, 0.15) is 48.0 Å². The molecule has 1 aromatic carbocycles. The van der Waals surface area contributed by atoms with E-state index in [1.807, 2.05) is 43.4 Å². The Morgan fingerprint density at radius 1 is 1.19 bits per heavy atom. The molecule has 0 saturated heterocycles. The van der Waals surface area contributed by atoms with Gasteiger partial charge in [0, 0.05) is 32.5 Å². The van der Waals surface area contributed by atoms with Crippen LogP contribution in [0.4, 0.5) is 5.69 Å². The molecule has 2 aromatic rings. The van der Waals surface area contributed by atoms with Gasteiger partial charge in [-0.1, -0.05) is 42.0 Å². The number of amides is 1. The summed E-state index contributed by atoms with van der Waals surface area (Å²) in [5.74, 6) is -0.0139. The van der Waals surface area contributed by atoms with E-state index in [2.05, 4.69) is 16.4 Å². The van der Waals surface area contributed by atoms with E-state index >= 15 is 0 Å². The van der Waals surface area contributed by atoms with Crippen molar-refractivity contribution < 1.29 is 4.79 Å². The zero-order chi connectivity index (χ0) is 18.2. The average Bonchev–Trinajstić information content (AvgIpc) is 2.69. The number of benzene rings is 1. The van der Waals surface area contributed by atoms with Crippen LogP contribution in [0.15, 0.2) is 60.4 Å². The molecule has 0 unspecified atom stereocenters. The van der Waals surface area contributed by atoms with Crippen molar-refractivity contribution in [1.82, 2.24) is 9.88 Å². The number of nitrogens with zero attached hydrogens (tertiary/aromatic N) is 2. The summed E-state index contributed by atoms with van der Waals surface area (Å²) < 4.78 is 0. The first-order chi connectivity index (χ1) is 12.7. The molecule has 0 spiro atoms. The molecule has 1 heterocycles. The summed E-state index contributed by atoms with van der Waals surface area (Å²) in [5, 5.41) is 3.40. The van der Waals surface area contributed by atoms with Crippen molar-refractivity contribution in [3.8, 4) is 0 Å². The first-order valence-electron chi connectivity index (χ1n) is 9.38. The fourth-order valence-corrected chi connectivity index (χ4v) is 3.30. The Morgan fingerprint density at radius 3 is 2.81 bits per heavy atom. The number of carbonyl (C=O) groups excluding carboxylic acids is 1. The molecule has 1 aliphatic carbocycles. The highest BCUT2D eigenvalue weighted by molar-refractivity contribution is 5.94. The number of allylic oxidation sites excluding steroid dienone is 1. The second kappa shape index (κ2) is 9.18. The zero-order valence-corrected chi connectivity index (χ0v) is 15.4. The molecule has 0 atom stereocenters. The summed E-state index contributed by atoms with van der Waals surface area (Å²) in [7, 11) is 1.82. The molecule has 3 rings (SSSR count). The molecular formula is C22H27N3O. The van der Waals surface area contributed by atoms with Crippen LogP contribution >= 0.6 is 0 Å². The van der Waals surface area contributed by atoms with E-state index in [1.165, 1.54) is 25.7 Å². The number of pyridine rings is 1. The molecule has 136 valence electrons. The first kappa shape index (κ1) is 18.2. The monoisotopic (exact) mass is 349 g/mol. The van der Waals surface area contributed by atoms with Crippen LogP contribution in [0.2, 0.25) is 0 Å². The number of carbonyl (C=O) groups is 1. The standard InChI is InChI=1S/C22H27N3O/c1-25(17-19-10-6-3-7-11-19)22(26)20-14-21(16-23-15-20)24-13-12-18-8-4-2-5-9-18/h3,6-8,10-11,14-16,24H,2,4-5,9,12-13,17H2,1H3. The molecule has 0 radical (unpaired) electrons. The van der Waals surface area contributed by atoms with Crippen LogP contribution in [0.25, 0.3) is 0 Å². The predicted octanol–water partition coefficient (Wildman–Crippen LogP) is 4.66. The summed E-state index contributed by atoms with van der Waals surface area (Å²) in [6.45, 7) is 1.47. The van der Waals surface area contributed by atoms with Crippen LogP contribution in [0.3, 0.4) is 0 Å². The number of hydrogen-bond donors (Lipinski definition) is 1. The van der Waals surface area contributed by atoms with Gasteiger partial charge in [-0.25, -0.2) is 0 Å². The number of nitrogens with one attached hydrogen (secondary N) is 1. The lowest BCUT2D eigenvalue weighted by atomic mass is 9.97. The lowest BCUT2D eigenvalue weighted by Gasteiger charge is -2.18. The quantitative estimate of drug-likeness (QED) is 0.740. The van der Waals surface area contributed by atoms with Crippen LogP contribution in [-0.2, 0) is 6.54 Å². The molecule has 0 aliphatic heterocycles. The smallest absolute Gasteiger partial charge is 0.255 e. The van der Waals surface area contributed by atoms with Gasteiger partial charge in [0.1, 0.15) is 0 Å². The normalized spacial score (nSPS) is 13.8. The maximum Gasteiger partial charge on any atom is 0.255 e. The highest BCUT2D eigenvalue weighted by Crippen LogP contribution is 2.20. The number of hydrogen-bond acceptors (Lipinski definition) is 3. The third-order valence-electron chi connectivity index (χ3n) is 4.75. The van der Waals surface area contributed by atoms with Crippen molar-refractivity contribution in [1.29, 1.82) is 0 Å². The summed E-state index contributed by atoms with van der Waals surface area (Å²) in [6, 6.07) is 11.9. The Kier molecular flexibility index (Phi) is 6.42. The Bertz CT molecular complexity index is 755. The van der Waals surface area contributed by atoms with E-state index in [0.29, 0.717) is 12.1 Å². The van der Waals surface area contributed by atoms with E-state index in [-0.39, 0.29) is 5.91 Å². The second-order valence-corrected chi connectivity index (χ2v) is 6.89. The van der Waals surface area contributed by atoms with Crippen LogP contribution < -0.4 is 5.32 Å². The molecule has 26 heavy (non-hydrogen) atoms. The van der Waals surface area contributed by atoms with E-state index in [4.69, 9.17) is 0 Å². The van der Waals surface area contributed by atoms with Gasteiger partial charge >= 0.3 is 0 Å². The average molecular weight is 349 g/mol. The van der Waals surface area contributed by atoms with Crippen molar-refractivity contribution in [2.45, 2.75) is 38.6 Å². The fraction of sp³-hybridized carbons (Fsp3) is 0.364. The molecular weight excluding hydrogens is 322 g/mol. The Balaban J connectivity index is 1.55. The first-order valence-corrected chi connectivity index (χ1v) is 9.38. The minimum atomic E-state index is -0.0139.